The molecule has 2 aliphatic rings. The van der Waals surface area contributed by atoms with Gasteiger partial charge in [0.15, 0.2) is 0 Å². The number of hydrogen-bond donors (Lipinski definition) is 4. The van der Waals surface area contributed by atoms with Crippen molar-refractivity contribution in [1.82, 2.24) is 21.3 Å². The van der Waals surface area contributed by atoms with Crippen LogP contribution in [0.15, 0.2) is 22.3 Å². The van der Waals surface area contributed by atoms with E-state index in [0.29, 0.717) is 100 Å². The van der Waals surface area contributed by atoms with Gasteiger partial charge in [0.25, 0.3) is 0 Å². The van der Waals surface area contributed by atoms with Crippen molar-refractivity contribution in [2.24, 2.45) is 34.5 Å². The molecule has 0 heterocycles. The lowest BCUT2D eigenvalue weighted by molar-refractivity contribution is -0.129. The van der Waals surface area contributed by atoms with Crippen LogP contribution in [0.1, 0.15) is 217 Å². The van der Waals surface area contributed by atoms with E-state index in [9.17, 15) is 14.4 Å². The molecular formula is C57H106N4O6. The van der Waals surface area contributed by atoms with Crippen LogP contribution in [-0.2, 0) is 28.6 Å². The number of amides is 3. The lowest BCUT2D eigenvalue weighted by atomic mass is 9.70. The fourth-order valence-electron chi connectivity index (χ4n) is 10.7. The van der Waals surface area contributed by atoms with Gasteiger partial charge in [0.2, 0.25) is 17.7 Å². The molecule has 0 fully saturated rings. The number of carbonyl (C=O) groups excluding carboxylic acids is 3. The molecule has 0 aromatic carbocycles. The highest BCUT2D eigenvalue weighted by molar-refractivity contribution is 5.87. The van der Waals surface area contributed by atoms with Crippen LogP contribution in [0.2, 0.25) is 0 Å². The third-order valence-corrected chi connectivity index (χ3v) is 15.1. The Bertz CT molecular complexity index is 1440. The van der Waals surface area contributed by atoms with Crippen LogP contribution in [0, 0.1) is 34.5 Å². The Kier molecular flexibility index (Phi) is 31.7. The fourth-order valence-corrected chi connectivity index (χ4v) is 10.7. The average molecular weight is 943 g/mol. The van der Waals surface area contributed by atoms with E-state index in [1.165, 1.54) is 77.0 Å². The smallest absolute Gasteiger partial charge is 0.242 e. The minimum absolute atomic E-state index is 0.0633. The molecule has 2 aliphatic carbocycles. The summed E-state index contributed by atoms with van der Waals surface area (Å²) in [6, 6.07) is -0.607. The summed E-state index contributed by atoms with van der Waals surface area (Å²) >= 11 is 0. The molecule has 4 N–H and O–H groups in total. The largest absolute Gasteiger partial charge is 0.379 e. The summed E-state index contributed by atoms with van der Waals surface area (Å²) in [5.41, 5.74) is 7.33. The molecule has 0 saturated heterocycles. The monoisotopic (exact) mass is 943 g/mol. The average Bonchev–Trinajstić information content (AvgIpc) is 3.25. The molecule has 0 aromatic heterocycles. The molecule has 0 saturated carbocycles. The molecule has 4 unspecified atom stereocenters. The molecule has 10 heteroatoms. The maximum absolute atomic E-state index is 13.5. The highest BCUT2D eigenvalue weighted by Crippen LogP contribution is 2.44. The molecule has 0 bridgehead atoms. The van der Waals surface area contributed by atoms with Crippen LogP contribution in [-0.4, -0.2) is 90.1 Å². The predicted molar refractivity (Wildman–Crippen MR) is 280 cm³/mol. The Balaban J connectivity index is 1.73. The van der Waals surface area contributed by atoms with Gasteiger partial charge in [0, 0.05) is 39.1 Å². The van der Waals surface area contributed by atoms with E-state index in [-0.39, 0.29) is 23.6 Å². The lowest BCUT2D eigenvalue weighted by Crippen LogP contribution is -2.47. The number of unbranched alkanes of at least 4 members (excludes halogenated alkanes) is 1. The normalized spacial score (nSPS) is 18.3. The summed E-state index contributed by atoms with van der Waals surface area (Å²) in [5, 5.41) is 12.4. The summed E-state index contributed by atoms with van der Waals surface area (Å²) in [7, 11) is 1.93. The first-order valence-corrected chi connectivity index (χ1v) is 27.5. The summed E-state index contributed by atoms with van der Waals surface area (Å²) < 4.78 is 16.8. The van der Waals surface area contributed by atoms with Crippen molar-refractivity contribution in [3.8, 4) is 0 Å². The van der Waals surface area contributed by atoms with Crippen LogP contribution in [0.3, 0.4) is 0 Å². The van der Waals surface area contributed by atoms with Crippen LogP contribution in [0.5, 0.6) is 0 Å². The Morgan fingerprint density at radius 3 is 1.46 bits per heavy atom. The van der Waals surface area contributed by atoms with Crippen LogP contribution < -0.4 is 21.3 Å². The standard InChI is InChI=1S/C57H106N4O6/c1-44(27-29-50-48(5)24-16-31-56(50,7)8)20-14-22-46(3)42-53(62)59-34-13-12-26-52(55(64)60-35-19-37-66-39-41-67-40-38-65-36-18-33-58-11)61-54(63)43-47(4)23-15-21-45(2)28-30-51-49(6)25-17-32-57(51,9)10/h44-47,52,58H,12-43H2,1-11H3,(H,59,62)(H,60,64)(H,61,63)/t44?,45?,46?,47?,52-/m0/s1. The first-order chi connectivity index (χ1) is 31.9. The first kappa shape index (κ1) is 60.9. The van der Waals surface area contributed by atoms with Crippen molar-refractivity contribution in [1.29, 1.82) is 0 Å². The number of nitrogens with one attached hydrogen (secondary N) is 4. The van der Waals surface area contributed by atoms with Gasteiger partial charge in [-0.05, 0) is 158 Å². The summed E-state index contributed by atoms with van der Waals surface area (Å²) in [5.74, 6) is 1.85. The second-order valence-electron chi connectivity index (χ2n) is 22.7. The first-order valence-electron chi connectivity index (χ1n) is 27.5. The summed E-state index contributed by atoms with van der Waals surface area (Å²) in [6.45, 7) is 28.8. The minimum Gasteiger partial charge on any atom is -0.379 e. The molecule has 0 aliphatic heterocycles. The lowest BCUT2D eigenvalue weighted by Gasteiger charge is -2.35. The van der Waals surface area contributed by atoms with Gasteiger partial charge in [0.1, 0.15) is 6.04 Å². The number of allylic oxidation sites excluding steroid dienone is 4. The molecule has 5 atom stereocenters. The van der Waals surface area contributed by atoms with Crippen molar-refractivity contribution in [3.05, 3.63) is 22.3 Å². The van der Waals surface area contributed by atoms with Crippen molar-refractivity contribution >= 4 is 17.7 Å². The highest BCUT2D eigenvalue weighted by atomic mass is 16.5. The van der Waals surface area contributed by atoms with Gasteiger partial charge < -0.3 is 35.5 Å². The molecular weight excluding hydrogens is 837 g/mol. The molecule has 3 amide bonds. The summed E-state index contributed by atoms with van der Waals surface area (Å²) in [4.78, 5) is 39.7. The molecule has 390 valence electrons. The number of carbonyl (C=O) groups is 3. The molecule has 0 radical (unpaired) electrons. The van der Waals surface area contributed by atoms with E-state index < -0.39 is 6.04 Å². The van der Waals surface area contributed by atoms with Gasteiger partial charge in [-0.25, -0.2) is 0 Å². The van der Waals surface area contributed by atoms with Crippen molar-refractivity contribution in [2.45, 2.75) is 223 Å². The quantitative estimate of drug-likeness (QED) is 0.0357. The molecule has 10 nitrogen and oxygen atoms in total. The highest BCUT2D eigenvalue weighted by Gasteiger charge is 2.29. The fraction of sp³-hybridized carbons (Fsp3) is 0.877. The molecule has 0 spiro atoms. The zero-order valence-electron chi connectivity index (χ0n) is 45.5. The van der Waals surface area contributed by atoms with Crippen molar-refractivity contribution in [3.63, 3.8) is 0 Å². The van der Waals surface area contributed by atoms with E-state index >= 15 is 0 Å². The molecule has 2 rings (SSSR count). The Morgan fingerprint density at radius 2 is 0.970 bits per heavy atom. The van der Waals surface area contributed by atoms with Crippen molar-refractivity contribution < 1.29 is 28.6 Å². The second-order valence-corrected chi connectivity index (χ2v) is 22.7. The predicted octanol–water partition coefficient (Wildman–Crippen LogP) is 12.2. The summed E-state index contributed by atoms with van der Waals surface area (Å²) in [6.07, 6.45) is 24.1. The topological polar surface area (TPSA) is 127 Å². The van der Waals surface area contributed by atoms with E-state index in [4.69, 9.17) is 14.2 Å². The SMILES string of the molecule is CNCCCOCCOCCOCCCNC(=O)[C@H](CCCCNC(=O)CC(C)CCCC(C)CCC1=C(C)CCCC1(C)C)NC(=O)CC(C)CCCC(C)CCC1=C(C)CCCC1(C)C. The zero-order valence-corrected chi connectivity index (χ0v) is 45.5. The van der Waals surface area contributed by atoms with Gasteiger partial charge in [0.05, 0.1) is 26.4 Å². The van der Waals surface area contributed by atoms with Gasteiger partial charge >= 0.3 is 0 Å². The third-order valence-electron chi connectivity index (χ3n) is 15.1. The number of hydrogen-bond acceptors (Lipinski definition) is 7. The van der Waals surface area contributed by atoms with E-state index in [1.54, 1.807) is 22.3 Å². The van der Waals surface area contributed by atoms with Gasteiger partial charge in [-0.2, -0.15) is 0 Å². The Labute approximate surface area is 412 Å². The van der Waals surface area contributed by atoms with E-state index in [2.05, 4.69) is 90.5 Å². The van der Waals surface area contributed by atoms with E-state index in [0.717, 1.165) is 58.1 Å². The second kappa shape index (κ2) is 34.9. The number of rotatable bonds is 39. The van der Waals surface area contributed by atoms with Gasteiger partial charge in [-0.15, -0.1) is 0 Å². The van der Waals surface area contributed by atoms with Crippen molar-refractivity contribution in [2.75, 3.05) is 66.3 Å². The van der Waals surface area contributed by atoms with Gasteiger partial charge in [-0.1, -0.05) is 116 Å². The molecule has 0 aromatic rings. The van der Waals surface area contributed by atoms with Crippen LogP contribution >= 0.6 is 0 Å². The van der Waals surface area contributed by atoms with Gasteiger partial charge in [-0.3, -0.25) is 14.4 Å². The maximum atomic E-state index is 13.5. The number of ether oxygens (including phenoxy) is 3. The van der Waals surface area contributed by atoms with Crippen LogP contribution in [0.25, 0.3) is 0 Å². The third kappa shape index (κ3) is 27.6. The minimum atomic E-state index is -0.607. The Hall–Kier alpha value is -2.27. The van der Waals surface area contributed by atoms with E-state index in [1.807, 2.05) is 7.05 Å². The Morgan fingerprint density at radius 1 is 0.522 bits per heavy atom. The van der Waals surface area contributed by atoms with Crippen LogP contribution in [0.4, 0.5) is 0 Å². The zero-order chi connectivity index (χ0) is 49.5. The molecule has 67 heavy (non-hydrogen) atoms. The maximum Gasteiger partial charge on any atom is 0.242 e.